The van der Waals surface area contributed by atoms with Gasteiger partial charge in [-0.15, -0.1) is 0 Å². The molecule has 3 amide bonds. The second-order valence-electron chi connectivity index (χ2n) is 5.75. The molecule has 0 spiro atoms. The zero-order valence-electron chi connectivity index (χ0n) is 14.1. The fourth-order valence-corrected chi connectivity index (χ4v) is 2.74. The van der Waals surface area contributed by atoms with E-state index in [0.29, 0.717) is 12.0 Å². The van der Waals surface area contributed by atoms with Crippen LogP contribution in [0.4, 0.5) is 0 Å². The Hall–Kier alpha value is -3.23. The number of nitrogens with one attached hydrogen (secondary N) is 2. The summed E-state index contributed by atoms with van der Waals surface area (Å²) in [5.41, 5.74) is 0.447. The van der Waals surface area contributed by atoms with E-state index in [1.165, 1.54) is 4.90 Å². The predicted octanol–water partition coefficient (Wildman–Crippen LogP) is -0.778. The molecule has 1 fully saturated rings. The molecule has 1 aliphatic rings. The van der Waals surface area contributed by atoms with Crippen molar-refractivity contribution in [2.75, 3.05) is 13.1 Å². The van der Waals surface area contributed by atoms with Gasteiger partial charge in [0.25, 0.3) is 5.91 Å². The Balaban J connectivity index is 2.09. The summed E-state index contributed by atoms with van der Waals surface area (Å²) in [4.78, 5) is 59.2. The van der Waals surface area contributed by atoms with E-state index in [1.807, 2.05) is 0 Å². The number of carbonyl (C=O) groups excluding carboxylic acids is 5. The van der Waals surface area contributed by atoms with Gasteiger partial charge in [0.15, 0.2) is 0 Å². The number of amides is 3. The first kappa shape index (κ1) is 19.1. The van der Waals surface area contributed by atoms with Crippen LogP contribution in [0, 0.1) is 0 Å². The topological polar surface area (TPSA) is 122 Å². The largest absolute Gasteiger partial charge is 0.392 e. The fourth-order valence-electron chi connectivity index (χ4n) is 2.74. The SMILES string of the molecule is CC(=O)OC(=O)[C@@H]1C[C@@H](NC(=O)c2ccccc2)CN1C(=O)CNC=O. The number of likely N-dealkylation sites (tertiary alicyclic amines) is 1. The van der Waals surface area contributed by atoms with Crippen LogP contribution in [0.25, 0.3) is 0 Å². The van der Waals surface area contributed by atoms with Crippen molar-refractivity contribution in [3.05, 3.63) is 35.9 Å². The maximum absolute atomic E-state index is 12.3. The highest BCUT2D eigenvalue weighted by Crippen LogP contribution is 2.20. The number of hydrogen-bond donors (Lipinski definition) is 2. The van der Waals surface area contributed by atoms with Crippen molar-refractivity contribution < 1.29 is 28.7 Å². The maximum atomic E-state index is 12.3. The van der Waals surface area contributed by atoms with Crippen molar-refractivity contribution in [3.63, 3.8) is 0 Å². The third-order valence-electron chi connectivity index (χ3n) is 3.85. The first-order valence-electron chi connectivity index (χ1n) is 7.97. The number of rotatable bonds is 6. The van der Waals surface area contributed by atoms with Gasteiger partial charge in [-0.05, 0) is 12.1 Å². The first-order valence-corrected chi connectivity index (χ1v) is 7.97. The average molecular weight is 361 g/mol. The molecule has 1 aliphatic heterocycles. The Morgan fingerprint density at radius 1 is 1.23 bits per heavy atom. The number of benzene rings is 1. The van der Waals surface area contributed by atoms with Crippen LogP contribution in [-0.2, 0) is 23.9 Å². The minimum Gasteiger partial charge on any atom is -0.392 e. The van der Waals surface area contributed by atoms with E-state index in [2.05, 4.69) is 15.4 Å². The molecule has 1 aromatic carbocycles. The quantitative estimate of drug-likeness (QED) is 0.389. The second kappa shape index (κ2) is 8.75. The molecule has 0 aliphatic carbocycles. The van der Waals surface area contributed by atoms with Gasteiger partial charge in [-0.25, -0.2) is 4.79 Å². The number of hydrogen-bond acceptors (Lipinski definition) is 6. The zero-order chi connectivity index (χ0) is 19.1. The summed E-state index contributed by atoms with van der Waals surface area (Å²) in [6.07, 6.45) is 0.475. The smallest absolute Gasteiger partial charge is 0.336 e. The number of ether oxygens (including phenoxy) is 1. The molecule has 2 N–H and O–H groups in total. The lowest BCUT2D eigenvalue weighted by Gasteiger charge is -2.22. The third kappa shape index (κ3) is 4.88. The van der Waals surface area contributed by atoms with Crippen molar-refractivity contribution in [2.24, 2.45) is 0 Å². The average Bonchev–Trinajstić information content (AvgIpc) is 3.04. The zero-order valence-corrected chi connectivity index (χ0v) is 14.1. The molecule has 0 radical (unpaired) electrons. The van der Waals surface area contributed by atoms with E-state index in [-0.39, 0.29) is 25.4 Å². The molecule has 2 atom stereocenters. The first-order chi connectivity index (χ1) is 12.4. The van der Waals surface area contributed by atoms with Gasteiger partial charge >= 0.3 is 11.9 Å². The van der Waals surface area contributed by atoms with Crippen LogP contribution >= 0.6 is 0 Å². The molecule has 1 saturated heterocycles. The van der Waals surface area contributed by atoms with Crippen LogP contribution < -0.4 is 10.6 Å². The van der Waals surface area contributed by atoms with Gasteiger partial charge in [0, 0.05) is 31.5 Å². The normalized spacial score (nSPS) is 18.7. The summed E-state index contributed by atoms with van der Waals surface area (Å²) in [5.74, 6) is -2.51. The minimum atomic E-state index is -1.01. The van der Waals surface area contributed by atoms with Gasteiger partial charge in [0.2, 0.25) is 12.3 Å². The molecule has 0 saturated carbocycles. The predicted molar refractivity (Wildman–Crippen MR) is 88.7 cm³/mol. The van der Waals surface area contributed by atoms with Crippen LogP contribution in [0.15, 0.2) is 30.3 Å². The standard InChI is InChI=1S/C17H19N3O6/c1-11(22)26-17(25)14-7-13(9-20(14)15(23)8-18-10-21)19-16(24)12-5-3-2-4-6-12/h2-6,10,13-14H,7-9H2,1H3,(H,18,21)(H,19,24)/t13-,14+/m1/s1. The number of nitrogens with zero attached hydrogens (tertiary/aromatic N) is 1. The van der Waals surface area contributed by atoms with Crippen LogP contribution in [0.5, 0.6) is 0 Å². The van der Waals surface area contributed by atoms with Crippen molar-refractivity contribution in [3.8, 4) is 0 Å². The summed E-state index contributed by atoms with van der Waals surface area (Å²) in [7, 11) is 0. The van der Waals surface area contributed by atoms with E-state index >= 15 is 0 Å². The molecule has 26 heavy (non-hydrogen) atoms. The van der Waals surface area contributed by atoms with Crippen LogP contribution in [0.1, 0.15) is 23.7 Å². The molecule has 1 heterocycles. The van der Waals surface area contributed by atoms with Crippen LogP contribution in [0.3, 0.4) is 0 Å². The van der Waals surface area contributed by atoms with Gasteiger partial charge in [0.05, 0.1) is 6.54 Å². The highest BCUT2D eigenvalue weighted by Gasteiger charge is 2.41. The van der Waals surface area contributed by atoms with Crippen molar-refractivity contribution in [2.45, 2.75) is 25.4 Å². The monoisotopic (exact) mass is 361 g/mol. The molecule has 9 nitrogen and oxygen atoms in total. The van der Waals surface area contributed by atoms with E-state index in [0.717, 1.165) is 6.92 Å². The summed E-state index contributed by atoms with van der Waals surface area (Å²) in [6, 6.07) is 6.99. The Morgan fingerprint density at radius 2 is 1.92 bits per heavy atom. The number of esters is 2. The van der Waals surface area contributed by atoms with Gasteiger partial charge in [-0.3, -0.25) is 19.2 Å². The minimum absolute atomic E-state index is 0.0651. The van der Waals surface area contributed by atoms with Crippen molar-refractivity contribution >= 4 is 30.2 Å². The number of carbonyl (C=O) groups is 5. The van der Waals surface area contributed by atoms with Crippen molar-refractivity contribution in [1.29, 1.82) is 0 Å². The Labute approximate surface area is 149 Å². The Kier molecular flexibility index (Phi) is 6.42. The molecule has 0 unspecified atom stereocenters. The molecule has 1 aromatic rings. The van der Waals surface area contributed by atoms with E-state index in [1.54, 1.807) is 30.3 Å². The van der Waals surface area contributed by atoms with E-state index < -0.39 is 29.9 Å². The van der Waals surface area contributed by atoms with Crippen LogP contribution in [-0.4, -0.2) is 60.2 Å². The fraction of sp³-hybridized carbons (Fsp3) is 0.353. The lowest BCUT2D eigenvalue weighted by atomic mass is 10.1. The van der Waals surface area contributed by atoms with E-state index in [4.69, 9.17) is 0 Å². The molecular formula is C17H19N3O6. The molecule has 0 bridgehead atoms. The second-order valence-corrected chi connectivity index (χ2v) is 5.75. The van der Waals surface area contributed by atoms with Crippen molar-refractivity contribution in [1.82, 2.24) is 15.5 Å². The third-order valence-corrected chi connectivity index (χ3v) is 3.85. The van der Waals surface area contributed by atoms with Crippen LogP contribution in [0.2, 0.25) is 0 Å². The summed E-state index contributed by atoms with van der Waals surface area (Å²) >= 11 is 0. The molecule has 9 heteroatoms. The molecular weight excluding hydrogens is 342 g/mol. The highest BCUT2D eigenvalue weighted by atomic mass is 16.6. The molecule has 138 valence electrons. The molecule has 0 aromatic heterocycles. The summed E-state index contributed by atoms with van der Waals surface area (Å²) in [6.45, 7) is 0.851. The maximum Gasteiger partial charge on any atom is 0.336 e. The lowest BCUT2D eigenvalue weighted by molar-refractivity contribution is -0.163. The van der Waals surface area contributed by atoms with Gasteiger partial charge in [-0.1, -0.05) is 18.2 Å². The Morgan fingerprint density at radius 3 is 2.54 bits per heavy atom. The highest BCUT2D eigenvalue weighted by molar-refractivity contribution is 5.95. The molecule has 2 rings (SSSR count). The lowest BCUT2D eigenvalue weighted by Crippen LogP contribution is -2.45. The van der Waals surface area contributed by atoms with Gasteiger partial charge in [0.1, 0.15) is 6.04 Å². The van der Waals surface area contributed by atoms with Gasteiger partial charge < -0.3 is 20.3 Å². The summed E-state index contributed by atoms with van der Waals surface area (Å²) < 4.78 is 4.58. The summed E-state index contributed by atoms with van der Waals surface area (Å²) in [5, 5.41) is 4.99. The Bertz CT molecular complexity index is 706. The van der Waals surface area contributed by atoms with Gasteiger partial charge in [-0.2, -0.15) is 0 Å². The van der Waals surface area contributed by atoms with E-state index in [9.17, 15) is 24.0 Å².